The Balaban J connectivity index is 2.97. The third-order valence-corrected chi connectivity index (χ3v) is 2.38. The van der Waals surface area contributed by atoms with Crippen molar-refractivity contribution in [3.8, 4) is 0 Å². The number of methoxy groups -OCH3 is 1. The van der Waals surface area contributed by atoms with E-state index in [0.717, 1.165) is 12.1 Å². The lowest BCUT2D eigenvalue weighted by Gasteiger charge is -2.15. The molecule has 1 unspecified atom stereocenters. The quantitative estimate of drug-likeness (QED) is 0.864. The topological polar surface area (TPSA) is 38.3 Å². The van der Waals surface area contributed by atoms with Gasteiger partial charge in [-0.1, -0.05) is 11.6 Å². The fraction of sp³-hybridized carbons (Fsp3) is 0.364. The van der Waals surface area contributed by atoms with E-state index in [9.17, 15) is 18.0 Å². The van der Waals surface area contributed by atoms with Crippen molar-refractivity contribution < 1.29 is 22.7 Å². The second-order valence-electron chi connectivity index (χ2n) is 3.62. The van der Waals surface area contributed by atoms with Crippen LogP contribution in [0.2, 0.25) is 5.02 Å². The van der Waals surface area contributed by atoms with Crippen molar-refractivity contribution in [2.24, 2.45) is 0 Å². The molecule has 0 saturated carbocycles. The predicted molar refractivity (Wildman–Crippen MR) is 61.6 cm³/mol. The first kappa shape index (κ1) is 14.6. The van der Waals surface area contributed by atoms with E-state index in [0.29, 0.717) is 0 Å². The standard InChI is InChI=1S/C11H11ClF3NO2/c1-6(10(17)18-2)16-9-4-7(11(13,14)15)3-8(12)5-9/h3-6,16H,1-2H3. The van der Waals surface area contributed by atoms with E-state index in [-0.39, 0.29) is 10.7 Å². The van der Waals surface area contributed by atoms with Gasteiger partial charge >= 0.3 is 12.1 Å². The summed E-state index contributed by atoms with van der Waals surface area (Å²) in [6.45, 7) is 1.47. The van der Waals surface area contributed by atoms with Crippen molar-refractivity contribution in [2.45, 2.75) is 19.1 Å². The number of esters is 1. The summed E-state index contributed by atoms with van der Waals surface area (Å²) in [5, 5.41) is 2.52. The highest BCUT2D eigenvalue weighted by Crippen LogP contribution is 2.33. The zero-order valence-corrected chi connectivity index (χ0v) is 10.4. The molecule has 0 heterocycles. The Bertz CT molecular complexity index is 448. The Morgan fingerprint density at radius 3 is 2.50 bits per heavy atom. The van der Waals surface area contributed by atoms with Gasteiger partial charge in [-0.15, -0.1) is 0 Å². The fourth-order valence-electron chi connectivity index (χ4n) is 1.32. The van der Waals surface area contributed by atoms with Crippen LogP contribution in [0.4, 0.5) is 18.9 Å². The molecule has 100 valence electrons. The number of hydrogen-bond donors (Lipinski definition) is 1. The minimum Gasteiger partial charge on any atom is -0.467 e. The van der Waals surface area contributed by atoms with Crippen LogP contribution in [0.25, 0.3) is 0 Å². The molecule has 0 radical (unpaired) electrons. The van der Waals surface area contributed by atoms with Crippen molar-refractivity contribution in [3.63, 3.8) is 0 Å². The highest BCUT2D eigenvalue weighted by molar-refractivity contribution is 6.31. The number of nitrogens with one attached hydrogen (secondary N) is 1. The van der Waals surface area contributed by atoms with Gasteiger partial charge in [0.15, 0.2) is 0 Å². The summed E-state index contributed by atoms with van der Waals surface area (Å²) in [6, 6.07) is 2.23. The molecule has 1 rings (SSSR count). The van der Waals surface area contributed by atoms with Crippen molar-refractivity contribution in [3.05, 3.63) is 28.8 Å². The molecular formula is C11H11ClF3NO2. The van der Waals surface area contributed by atoms with Gasteiger partial charge in [0.25, 0.3) is 0 Å². The van der Waals surface area contributed by atoms with E-state index < -0.39 is 23.8 Å². The average molecular weight is 282 g/mol. The normalized spacial score (nSPS) is 13.0. The van der Waals surface area contributed by atoms with Crippen LogP contribution < -0.4 is 5.32 Å². The third kappa shape index (κ3) is 3.80. The van der Waals surface area contributed by atoms with Gasteiger partial charge in [-0.2, -0.15) is 13.2 Å². The summed E-state index contributed by atoms with van der Waals surface area (Å²) in [6.07, 6.45) is -4.49. The number of benzene rings is 1. The molecule has 1 aromatic rings. The highest BCUT2D eigenvalue weighted by atomic mass is 35.5. The summed E-state index contributed by atoms with van der Waals surface area (Å²) < 4.78 is 42.1. The maximum atomic E-state index is 12.5. The summed E-state index contributed by atoms with van der Waals surface area (Å²) >= 11 is 5.60. The van der Waals surface area contributed by atoms with Crippen LogP contribution in [0, 0.1) is 0 Å². The summed E-state index contributed by atoms with van der Waals surface area (Å²) in [4.78, 5) is 11.1. The molecule has 3 nitrogen and oxygen atoms in total. The summed E-state index contributed by atoms with van der Waals surface area (Å²) in [5.74, 6) is -0.580. The Labute approximate surface area is 107 Å². The van der Waals surface area contributed by atoms with E-state index in [1.165, 1.54) is 20.1 Å². The molecule has 0 aliphatic heterocycles. The van der Waals surface area contributed by atoms with Gasteiger partial charge in [-0.3, -0.25) is 0 Å². The van der Waals surface area contributed by atoms with Crippen LogP contribution in [0.15, 0.2) is 18.2 Å². The van der Waals surface area contributed by atoms with Crippen molar-refractivity contribution in [1.82, 2.24) is 0 Å². The Kier molecular flexibility index (Phi) is 4.45. The first-order valence-corrected chi connectivity index (χ1v) is 5.34. The van der Waals surface area contributed by atoms with Crippen molar-refractivity contribution in [2.75, 3.05) is 12.4 Å². The van der Waals surface area contributed by atoms with Crippen LogP contribution in [0.1, 0.15) is 12.5 Å². The summed E-state index contributed by atoms with van der Waals surface area (Å²) in [7, 11) is 1.19. The molecule has 1 aromatic carbocycles. The number of carbonyl (C=O) groups excluding carboxylic acids is 1. The number of anilines is 1. The lowest BCUT2D eigenvalue weighted by molar-refractivity contribution is -0.141. The van der Waals surface area contributed by atoms with Gasteiger partial charge in [-0.05, 0) is 25.1 Å². The lowest BCUT2D eigenvalue weighted by atomic mass is 10.2. The zero-order chi connectivity index (χ0) is 13.9. The van der Waals surface area contributed by atoms with Gasteiger partial charge in [0.05, 0.1) is 12.7 Å². The molecule has 0 saturated heterocycles. The maximum Gasteiger partial charge on any atom is 0.416 e. The first-order chi connectivity index (χ1) is 8.24. The number of hydrogen-bond acceptors (Lipinski definition) is 3. The molecule has 18 heavy (non-hydrogen) atoms. The van der Waals surface area contributed by atoms with E-state index in [1.807, 2.05) is 0 Å². The Hall–Kier alpha value is -1.43. The Morgan fingerprint density at radius 2 is 2.00 bits per heavy atom. The van der Waals surface area contributed by atoms with E-state index >= 15 is 0 Å². The van der Waals surface area contributed by atoms with Crippen LogP contribution in [-0.4, -0.2) is 19.1 Å². The SMILES string of the molecule is COC(=O)C(C)Nc1cc(Cl)cc(C(F)(F)F)c1. The van der Waals surface area contributed by atoms with Crippen LogP contribution in [0.3, 0.4) is 0 Å². The lowest BCUT2D eigenvalue weighted by Crippen LogP contribution is -2.27. The van der Waals surface area contributed by atoms with E-state index in [4.69, 9.17) is 11.6 Å². The van der Waals surface area contributed by atoms with E-state index in [1.54, 1.807) is 0 Å². The predicted octanol–water partition coefficient (Wildman–Crippen LogP) is 3.33. The van der Waals surface area contributed by atoms with Crippen molar-refractivity contribution >= 4 is 23.3 Å². The number of alkyl halides is 3. The molecule has 0 aliphatic rings. The van der Waals surface area contributed by atoms with Crippen LogP contribution in [0.5, 0.6) is 0 Å². The largest absolute Gasteiger partial charge is 0.467 e. The number of ether oxygens (including phenoxy) is 1. The van der Waals surface area contributed by atoms with Gasteiger partial charge in [-0.25, -0.2) is 4.79 Å². The number of rotatable bonds is 3. The molecule has 0 aliphatic carbocycles. The molecule has 1 N–H and O–H groups in total. The van der Waals surface area contributed by atoms with Gasteiger partial charge < -0.3 is 10.1 Å². The molecule has 0 fully saturated rings. The third-order valence-electron chi connectivity index (χ3n) is 2.16. The molecule has 0 aromatic heterocycles. The van der Waals surface area contributed by atoms with Gasteiger partial charge in [0.2, 0.25) is 0 Å². The van der Waals surface area contributed by atoms with Gasteiger partial charge in [0, 0.05) is 10.7 Å². The minimum absolute atomic E-state index is 0.0654. The molecule has 1 atom stereocenters. The number of carbonyl (C=O) groups is 1. The first-order valence-electron chi connectivity index (χ1n) is 4.96. The van der Waals surface area contributed by atoms with Crippen molar-refractivity contribution in [1.29, 1.82) is 0 Å². The molecule has 0 bridgehead atoms. The van der Waals surface area contributed by atoms with E-state index in [2.05, 4.69) is 10.1 Å². The minimum atomic E-state index is -4.49. The second-order valence-corrected chi connectivity index (χ2v) is 4.05. The van der Waals surface area contributed by atoms with Gasteiger partial charge in [0.1, 0.15) is 6.04 Å². The molecular weight excluding hydrogens is 271 g/mol. The molecule has 0 amide bonds. The number of halogens is 4. The summed E-state index contributed by atoms with van der Waals surface area (Å²) in [5.41, 5.74) is -0.776. The average Bonchev–Trinajstić information content (AvgIpc) is 2.25. The highest BCUT2D eigenvalue weighted by Gasteiger charge is 2.31. The molecule has 0 spiro atoms. The second kappa shape index (κ2) is 5.48. The Morgan fingerprint density at radius 1 is 1.39 bits per heavy atom. The molecule has 7 heteroatoms. The van der Waals surface area contributed by atoms with Crippen LogP contribution >= 0.6 is 11.6 Å². The zero-order valence-electron chi connectivity index (χ0n) is 9.64. The monoisotopic (exact) mass is 281 g/mol. The maximum absolute atomic E-state index is 12.5. The fourth-order valence-corrected chi connectivity index (χ4v) is 1.56. The van der Waals surface area contributed by atoms with Crippen LogP contribution in [-0.2, 0) is 15.7 Å². The smallest absolute Gasteiger partial charge is 0.416 e.